The van der Waals surface area contributed by atoms with Crippen LogP contribution in [0.15, 0.2) is 48.5 Å². The molecule has 142 valence electrons. The van der Waals surface area contributed by atoms with Crippen molar-refractivity contribution in [3.8, 4) is 5.75 Å². The van der Waals surface area contributed by atoms with Gasteiger partial charge in [-0.25, -0.2) is 0 Å². The maximum atomic E-state index is 13.1. The minimum Gasteiger partial charge on any atom is -0.477 e. The van der Waals surface area contributed by atoms with E-state index in [-0.39, 0.29) is 18.4 Å². The predicted octanol–water partition coefficient (Wildman–Crippen LogP) is 3.48. The predicted molar refractivity (Wildman–Crippen MR) is 109 cm³/mol. The number of carbonyl (C=O) groups is 2. The van der Waals surface area contributed by atoms with Crippen LogP contribution in [0.1, 0.15) is 29.3 Å². The van der Waals surface area contributed by atoms with Crippen molar-refractivity contribution in [2.24, 2.45) is 0 Å². The monoisotopic (exact) mass is 384 g/mol. The molecule has 5 nitrogen and oxygen atoms in total. The SMILES string of the molecule is CCCNC(=O)[C@@H]1CN(C(=O)c2ccc(CSC)cc2)c2ccccc2O1. The van der Waals surface area contributed by atoms with Crippen LogP contribution in [0.2, 0.25) is 0 Å². The summed E-state index contributed by atoms with van der Waals surface area (Å²) in [5.41, 5.74) is 2.47. The first kappa shape index (κ1) is 19.3. The molecule has 1 atom stereocenters. The van der Waals surface area contributed by atoms with E-state index in [1.54, 1.807) is 22.7 Å². The molecule has 0 aromatic heterocycles. The zero-order valence-corrected chi connectivity index (χ0v) is 16.4. The summed E-state index contributed by atoms with van der Waals surface area (Å²) < 4.78 is 5.85. The molecule has 0 saturated carbocycles. The van der Waals surface area contributed by atoms with Gasteiger partial charge in [0.1, 0.15) is 5.75 Å². The van der Waals surface area contributed by atoms with Crippen LogP contribution in [0, 0.1) is 0 Å². The highest BCUT2D eigenvalue weighted by Crippen LogP contribution is 2.34. The van der Waals surface area contributed by atoms with Crippen molar-refractivity contribution in [2.45, 2.75) is 25.2 Å². The van der Waals surface area contributed by atoms with Gasteiger partial charge in [-0.05, 0) is 42.5 Å². The maximum Gasteiger partial charge on any atom is 0.262 e. The van der Waals surface area contributed by atoms with Gasteiger partial charge in [0.25, 0.3) is 11.8 Å². The Hall–Kier alpha value is -2.47. The average Bonchev–Trinajstić information content (AvgIpc) is 2.71. The number of para-hydroxylation sites is 2. The molecule has 2 aromatic carbocycles. The third-order valence-electron chi connectivity index (χ3n) is 4.37. The van der Waals surface area contributed by atoms with Gasteiger partial charge < -0.3 is 15.0 Å². The van der Waals surface area contributed by atoms with Crippen LogP contribution >= 0.6 is 11.8 Å². The highest BCUT2D eigenvalue weighted by molar-refractivity contribution is 7.97. The zero-order valence-electron chi connectivity index (χ0n) is 15.6. The van der Waals surface area contributed by atoms with Crippen molar-refractivity contribution < 1.29 is 14.3 Å². The number of rotatable bonds is 6. The molecule has 2 aromatic rings. The molecule has 1 N–H and O–H groups in total. The van der Waals surface area contributed by atoms with Crippen LogP contribution in [-0.4, -0.2) is 37.3 Å². The Morgan fingerprint density at radius 1 is 1.19 bits per heavy atom. The Bertz CT molecular complexity index is 807. The fraction of sp³-hybridized carbons (Fsp3) is 0.333. The molecule has 0 spiro atoms. The second kappa shape index (κ2) is 8.95. The first-order chi connectivity index (χ1) is 13.1. The first-order valence-corrected chi connectivity index (χ1v) is 10.5. The number of anilines is 1. The van der Waals surface area contributed by atoms with Crippen molar-refractivity contribution in [3.05, 3.63) is 59.7 Å². The number of benzene rings is 2. The molecule has 3 rings (SSSR count). The molecule has 0 aliphatic carbocycles. The number of nitrogens with zero attached hydrogens (tertiary/aromatic N) is 1. The Labute approximate surface area is 164 Å². The molecule has 27 heavy (non-hydrogen) atoms. The Morgan fingerprint density at radius 2 is 1.93 bits per heavy atom. The van der Waals surface area contributed by atoms with Gasteiger partial charge in [0, 0.05) is 17.9 Å². The minimum atomic E-state index is -0.717. The smallest absolute Gasteiger partial charge is 0.262 e. The Balaban J connectivity index is 1.85. The van der Waals surface area contributed by atoms with Crippen molar-refractivity contribution >= 4 is 29.3 Å². The molecule has 0 fully saturated rings. The van der Waals surface area contributed by atoms with E-state index in [4.69, 9.17) is 4.74 Å². The highest BCUT2D eigenvalue weighted by Gasteiger charge is 2.33. The van der Waals surface area contributed by atoms with Crippen LogP contribution in [0.25, 0.3) is 0 Å². The highest BCUT2D eigenvalue weighted by atomic mass is 32.2. The molecule has 0 bridgehead atoms. The summed E-state index contributed by atoms with van der Waals surface area (Å²) >= 11 is 1.74. The van der Waals surface area contributed by atoms with Crippen molar-refractivity contribution in [3.63, 3.8) is 0 Å². The van der Waals surface area contributed by atoms with E-state index in [1.807, 2.05) is 55.6 Å². The molecular formula is C21H24N2O3S. The largest absolute Gasteiger partial charge is 0.477 e. The summed E-state index contributed by atoms with van der Waals surface area (Å²) in [4.78, 5) is 27.2. The van der Waals surface area contributed by atoms with Gasteiger partial charge >= 0.3 is 0 Å². The van der Waals surface area contributed by atoms with E-state index in [9.17, 15) is 9.59 Å². The van der Waals surface area contributed by atoms with E-state index in [0.717, 1.165) is 12.2 Å². The van der Waals surface area contributed by atoms with Gasteiger partial charge in [-0.15, -0.1) is 0 Å². The van der Waals surface area contributed by atoms with Gasteiger partial charge in [-0.1, -0.05) is 31.2 Å². The average molecular weight is 385 g/mol. The van der Waals surface area contributed by atoms with Crippen molar-refractivity contribution in [1.29, 1.82) is 0 Å². The molecule has 1 heterocycles. The normalized spacial score (nSPS) is 15.6. The number of hydrogen-bond donors (Lipinski definition) is 1. The molecule has 0 unspecified atom stereocenters. The molecular weight excluding hydrogens is 360 g/mol. The summed E-state index contributed by atoms with van der Waals surface area (Å²) in [6.07, 6.45) is 2.18. The van der Waals surface area contributed by atoms with E-state index >= 15 is 0 Å². The van der Waals surface area contributed by atoms with Crippen LogP contribution < -0.4 is 15.0 Å². The fourth-order valence-corrected chi connectivity index (χ4v) is 3.52. The van der Waals surface area contributed by atoms with Gasteiger partial charge in [0.2, 0.25) is 0 Å². The van der Waals surface area contributed by atoms with Crippen LogP contribution in [0.3, 0.4) is 0 Å². The van der Waals surface area contributed by atoms with Gasteiger partial charge in [0.05, 0.1) is 12.2 Å². The van der Waals surface area contributed by atoms with Crippen molar-refractivity contribution in [2.75, 3.05) is 24.2 Å². The second-order valence-corrected chi connectivity index (χ2v) is 7.28. The molecule has 6 heteroatoms. The number of ether oxygens (including phenoxy) is 1. The lowest BCUT2D eigenvalue weighted by atomic mass is 10.1. The molecule has 0 radical (unpaired) electrons. The lowest BCUT2D eigenvalue weighted by Gasteiger charge is -2.34. The number of thioether (sulfide) groups is 1. The van der Waals surface area contributed by atoms with Crippen LogP contribution in [-0.2, 0) is 10.5 Å². The summed E-state index contributed by atoms with van der Waals surface area (Å²) in [6.45, 7) is 2.77. The van der Waals surface area contributed by atoms with Crippen LogP contribution in [0.4, 0.5) is 5.69 Å². The van der Waals surface area contributed by atoms with Crippen LogP contribution in [0.5, 0.6) is 5.75 Å². The number of fused-ring (bicyclic) bond motifs is 1. The molecule has 1 aliphatic heterocycles. The zero-order chi connectivity index (χ0) is 19.2. The Morgan fingerprint density at radius 3 is 2.63 bits per heavy atom. The topological polar surface area (TPSA) is 58.6 Å². The van der Waals surface area contributed by atoms with E-state index in [2.05, 4.69) is 5.32 Å². The quantitative estimate of drug-likeness (QED) is 0.828. The summed E-state index contributed by atoms with van der Waals surface area (Å²) in [7, 11) is 0. The third-order valence-corrected chi connectivity index (χ3v) is 4.99. The number of nitrogens with one attached hydrogen (secondary N) is 1. The summed E-state index contributed by atoms with van der Waals surface area (Å²) in [5.74, 6) is 1.14. The lowest BCUT2D eigenvalue weighted by Crippen LogP contribution is -2.50. The maximum absolute atomic E-state index is 13.1. The van der Waals surface area contributed by atoms with Gasteiger partial charge in [-0.2, -0.15) is 11.8 Å². The van der Waals surface area contributed by atoms with Crippen molar-refractivity contribution in [1.82, 2.24) is 5.32 Å². The summed E-state index contributed by atoms with van der Waals surface area (Å²) in [5, 5.41) is 2.85. The lowest BCUT2D eigenvalue weighted by molar-refractivity contribution is -0.127. The number of amides is 2. The minimum absolute atomic E-state index is 0.130. The van der Waals surface area contributed by atoms with E-state index in [1.165, 1.54) is 5.56 Å². The second-order valence-electron chi connectivity index (χ2n) is 6.41. The first-order valence-electron chi connectivity index (χ1n) is 9.07. The van der Waals surface area contributed by atoms with Gasteiger partial charge in [0.15, 0.2) is 6.10 Å². The number of hydrogen-bond acceptors (Lipinski definition) is 4. The molecule has 0 saturated heterocycles. The molecule has 2 amide bonds. The standard InChI is InChI=1S/C21H24N2O3S/c1-3-12-22-20(24)19-13-23(17-6-4-5-7-18(17)26-19)21(25)16-10-8-15(9-11-16)14-27-2/h4-11,19H,3,12-14H2,1-2H3,(H,22,24)/t19-/m0/s1. The van der Waals surface area contributed by atoms with Gasteiger partial charge in [-0.3, -0.25) is 9.59 Å². The fourth-order valence-electron chi connectivity index (χ4n) is 2.99. The summed E-state index contributed by atoms with van der Waals surface area (Å²) in [6, 6.07) is 15.0. The molecule has 1 aliphatic rings. The Kier molecular flexibility index (Phi) is 6.40. The number of carbonyl (C=O) groups excluding carboxylic acids is 2. The van der Waals surface area contributed by atoms with E-state index in [0.29, 0.717) is 23.5 Å². The van der Waals surface area contributed by atoms with E-state index < -0.39 is 6.10 Å². The third kappa shape index (κ3) is 4.45.